The second-order valence-electron chi connectivity index (χ2n) is 5.25. The summed E-state index contributed by atoms with van der Waals surface area (Å²) in [6.07, 6.45) is 3.51. The molecule has 1 aliphatic heterocycles. The molecule has 0 aromatic rings. The smallest absolute Gasteiger partial charge is 0.0941 e. The fraction of sp³-hybridized carbons (Fsp3) is 1.00. The molecule has 1 saturated heterocycles. The highest BCUT2D eigenvalue weighted by molar-refractivity contribution is 5.21. The van der Waals surface area contributed by atoms with Crippen molar-refractivity contribution in [3.63, 3.8) is 0 Å². The molecule has 2 saturated carbocycles. The van der Waals surface area contributed by atoms with Crippen molar-refractivity contribution in [3.05, 3.63) is 0 Å². The molecule has 68 valence electrons. The summed E-state index contributed by atoms with van der Waals surface area (Å²) in [4.78, 5) is 0. The molecule has 1 N–H and O–H groups in total. The van der Waals surface area contributed by atoms with Crippen molar-refractivity contribution in [1.82, 2.24) is 0 Å². The Morgan fingerprint density at radius 3 is 2.75 bits per heavy atom. The number of rotatable bonds is 0. The molecule has 3 rings (SSSR count). The Hall–Kier alpha value is -0.0800. The van der Waals surface area contributed by atoms with Crippen LogP contribution in [0, 0.1) is 11.3 Å². The number of fused-ring (bicyclic) bond motifs is 3. The van der Waals surface area contributed by atoms with E-state index in [4.69, 9.17) is 4.74 Å². The first-order valence-electron chi connectivity index (χ1n) is 4.92. The first-order valence-corrected chi connectivity index (χ1v) is 4.92. The van der Waals surface area contributed by atoms with Crippen LogP contribution in [0.25, 0.3) is 0 Å². The molecule has 0 spiro atoms. The zero-order valence-corrected chi connectivity index (χ0v) is 7.71. The molecule has 2 aliphatic carbocycles. The minimum atomic E-state index is -0.461. The molecule has 0 aromatic heterocycles. The van der Waals surface area contributed by atoms with E-state index in [-0.39, 0.29) is 12.2 Å². The lowest BCUT2D eigenvalue weighted by Gasteiger charge is -2.26. The summed E-state index contributed by atoms with van der Waals surface area (Å²) in [5, 5.41) is 10.2. The highest BCUT2D eigenvalue weighted by atomic mass is 16.5. The minimum Gasteiger partial charge on any atom is -0.387 e. The molecule has 3 aliphatic rings. The van der Waals surface area contributed by atoms with E-state index in [0.717, 1.165) is 18.8 Å². The summed E-state index contributed by atoms with van der Waals surface area (Å²) in [6.45, 7) is 4.33. The summed E-state index contributed by atoms with van der Waals surface area (Å²) < 4.78 is 5.80. The van der Waals surface area contributed by atoms with Gasteiger partial charge in [0.15, 0.2) is 0 Å². The number of hydrogen-bond acceptors (Lipinski definition) is 2. The van der Waals surface area contributed by atoms with Crippen LogP contribution >= 0.6 is 0 Å². The van der Waals surface area contributed by atoms with Crippen LogP contribution in [-0.4, -0.2) is 22.9 Å². The second kappa shape index (κ2) is 1.73. The van der Waals surface area contributed by atoms with E-state index in [9.17, 15) is 5.11 Å². The van der Waals surface area contributed by atoms with E-state index in [2.05, 4.69) is 13.8 Å². The van der Waals surface area contributed by atoms with E-state index in [0.29, 0.717) is 5.41 Å². The molecule has 0 radical (unpaired) electrons. The van der Waals surface area contributed by atoms with E-state index in [1.54, 1.807) is 0 Å². The van der Waals surface area contributed by atoms with Gasteiger partial charge in [0.2, 0.25) is 0 Å². The van der Waals surface area contributed by atoms with Gasteiger partial charge in [0.25, 0.3) is 0 Å². The topological polar surface area (TPSA) is 29.5 Å². The standard InChI is InChI=1S/C10H16O2/c1-6-3-10(11)5-7-4-9(7,2)8(10)12-6/h6-8,11H,3-5H2,1-2H3/t6-,7?,8+,9-,10+/m0/s1. The van der Waals surface area contributed by atoms with Crippen LogP contribution in [0.1, 0.15) is 33.1 Å². The quantitative estimate of drug-likeness (QED) is 0.591. The van der Waals surface area contributed by atoms with Crippen molar-refractivity contribution in [3.8, 4) is 0 Å². The van der Waals surface area contributed by atoms with Crippen LogP contribution in [0.5, 0.6) is 0 Å². The summed E-state index contributed by atoms with van der Waals surface area (Å²) in [5.41, 5.74) is -0.128. The molecule has 3 fully saturated rings. The largest absolute Gasteiger partial charge is 0.387 e. The molecule has 0 amide bonds. The molecule has 12 heavy (non-hydrogen) atoms. The van der Waals surface area contributed by atoms with Gasteiger partial charge in [-0.15, -0.1) is 0 Å². The molecule has 0 aromatic carbocycles. The number of hydrogen-bond donors (Lipinski definition) is 1. The van der Waals surface area contributed by atoms with Crippen molar-refractivity contribution in [2.75, 3.05) is 0 Å². The monoisotopic (exact) mass is 168 g/mol. The third kappa shape index (κ3) is 0.647. The maximum Gasteiger partial charge on any atom is 0.0941 e. The van der Waals surface area contributed by atoms with E-state index in [1.165, 1.54) is 6.42 Å². The summed E-state index contributed by atoms with van der Waals surface area (Å²) in [5.74, 6) is 0.750. The normalized spacial score (nSPS) is 67.8. The minimum absolute atomic E-state index is 0.144. The Kier molecular flexibility index (Phi) is 1.06. The Balaban J connectivity index is 1.95. The molecule has 1 unspecified atom stereocenters. The Labute approximate surface area is 72.9 Å². The van der Waals surface area contributed by atoms with Gasteiger partial charge in [0, 0.05) is 6.42 Å². The Morgan fingerprint density at radius 2 is 2.08 bits per heavy atom. The highest BCUT2D eigenvalue weighted by Gasteiger charge is 2.71. The fourth-order valence-electron chi connectivity index (χ4n) is 3.50. The molecule has 1 heterocycles. The van der Waals surface area contributed by atoms with E-state index in [1.807, 2.05) is 0 Å². The van der Waals surface area contributed by atoms with Crippen LogP contribution in [-0.2, 0) is 4.74 Å². The van der Waals surface area contributed by atoms with Gasteiger partial charge in [0.1, 0.15) is 0 Å². The van der Waals surface area contributed by atoms with Crippen molar-refractivity contribution >= 4 is 0 Å². The zero-order valence-electron chi connectivity index (χ0n) is 7.71. The van der Waals surface area contributed by atoms with Gasteiger partial charge in [-0.1, -0.05) is 6.92 Å². The average Bonchev–Trinajstić information content (AvgIpc) is 2.35. The van der Waals surface area contributed by atoms with Crippen LogP contribution < -0.4 is 0 Å². The van der Waals surface area contributed by atoms with Crippen LogP contribution in [0.4, 0.5) is 0 Å². The predicted molar refractivity (Wildman–Crippen MR) is 44.7 cm³/mol. The van der Waals surface area contributed by atoms with E-state index < -0.39 is 5.60 Å². The maximum atomic E-state index is 10.2. The van der Waals surface area contributed by atoms with E-state index >= 15 is 0 Å². The maximum absolute atomic E-state index is 10.2. The van der Waals surface area contributed by atoms with Crippen molar-refractivity contribution in [1.29, 1.82) is 0 Å². The lowest BCUT2D eigenvalue weighted by Crippen LogP contribution is -2.38. The Bertz CT molecular complexity index is 240. The van der Waals surface area contributed by atoms with Gasteiger partial charge in [-0.25, -0.2) is 0 Å². The lowest BCUT2D eigenvalue weighted by atomic mass is 9.89. The van der Waals surface area contributed by atoms with Gasteiger partial charge >= 0.3 is 0 Å². The predicted octanol–water partition coefficient (Wildman–Crippen LogP) is 1.32. The van der Waals surface area contributed by atoms with Crippen molar-refractivity contribution in [2.24, 2.45) is 11.3 Å². The average molecular weight is 168 g/mol. The van der Waals surface area contributed by atoms with Crippen molar-refractivity contribution in [2.45, 2.75) is 50.9 Å². The first kappa shape index (κ1) is 7.34. The SMILES string of the molecule is C[C@H]1C[C@@]2(O)CC3C[C@]3(C)[C@H]2O1. The molecule has 5 atom stereocenters. The first-order chi connectivity index (χ1) is 5.55. The fourth-order valence-corrected chi connectivity index (χ4v) is 3.50. The summed E-state index contributed by atoms with van der Waals surface area (Å²) in [7, 11) is 0. The molecular weight excluding hydrogens is 152 g/mol. The molecular formula is C10H16O2. The number of aliphatic hydroxyl groups is 1. The van der Waals surface area contributed by atoms with Crippen LogP contribution in [0.15, 0.2) is 0 Å². The lowest BCUT2D eigenvalue weighted by molar-refractivity contribution is -0.0582. The van der Waals surface area contributed by atoms with Crippen LogP contribution in [0.2, 0.25) is 0 Å². The summed E-state index contributed by atoms with van der Waals surface area (Å²) in [6, 6.07) is 0. The zero-order chi connectivity index (χ0) is 8.56. The third-order valence-electron chi connectivity index (χ3n) is 4.15. The molecule has 2 heteroatoms. The van der Waals surface area contributed by atoms with Gasteiger partial charge in [-0.2, -0.15) is 0 Å². The van der Waals surface area contributed by atoms with Gasteiger partial charge < -0.3 is 9.84 Å². The number of ether oxygens (including phenoxy) is 1. The second-order valence-corrected chi connectivity index (χ2v) is 5.25. The highest BCUT2D eigenvalue weighted by Crippen LogP contribution is 2.69. The van der Waals surface area contributed by atoms with Gasteiger partial charge in [-0.05, 0) is 31.1 Å². The third-order valence-corrected chi connectivity index (χ3v) is 4.15. The van der Waals surface area contributed by atoms with Gasteiger partial charge in [0.05, 0.1) is 17.8 Å². The van der Waals surface area contributed by atoms with Crippen LogP contribution in [0.3, 0.4) is 0 Å². The Morgan fingerprint density at radius 1 is 1.33 bits per heavy atom. The summed E-state index contributed by atoms with van der Waals surface area (Å²) >= 11 is 0. The molecule has 0 bridgehead atoms. The van der Waals surface area contributed by atoms with Gasteiger partial charge in [-0.3, -0.25) is 0 Å². The molecule has 2 nitrogen and oxygen atoms in total. The van der Waals surface area contributed by atoms with Crippen molar-refractivity contribution < 1.29 is 9.84 Å².